The van der Waals surface area contributed by atoms with Gasteiger partial charge in [-0.15, -0.1) is 0 Å². The van der Waals surface area contributed by atoms with Crippen LogP contribution in [0.15, 0.2) is 42.9 Å². The molecule has 26 heavy (non-hydrogen) atoms. The SMILES string of the molecule is O=C(Cc1ccc(C(F)(F)F)cc1)N1CCC(Oc2ccncn2)CC1. The molecule has 138 valence electrons. The molecule has 0 bridgehead atoms. The summed E-state index contributed by atoms with van der Waals surface area (Å²) in [5.41, 5.74) is -0.140. The van der Waals surface area contributed by atoms with Crippen LogP contribution < -0.4 is 4.74 Å². The monoisotopic (exact) mass is 365 g/mol. The van der Waals surface area contributed by atoms with Crippen LogP contribution in [0.1, 0.15) is 24.0 Å². The molecule has 1 aromatic heterocycles. The predicted molar refractivity (Wildman–Crippen MR) is 87.4 cm³/mol. The average Bonchev–Trinajstić information content (AvgIpc) is 2.63. The first kappa shape index (κ1) is 18.2. The Morgan fingerprint density at radius 3 is 2.42 bits per heavy atom. The smallest absolute Gasteiger partial charge is 0.416 e. The van der Waals surface area contributed by atoms with E-state index in [4.69, 9.17) is 4.74 Å². The molecular formula is C18H18F3N3O2. The molecule has 0 unspecified atom stereocenters. The summed E-state index contributed by atoms with van der Waals surface area (Å²) < 4.78 is 43.5. The number of amides is 1. The van der Waals surface area contributed by atoms with Gasteiger partial charge in [-0.1, -0.05) is 12.1 Å². The minimum Gasteiger partial charge on any atom is -0.474 e. The first-order chi connectivity index (χ1) is 12.4. The number of rotatable bonds is 4. The molecule has 1 aromatic carbocycles. The molecule has 2 aromatic rings. The molecule has 1 aliphatic rings. The van der Waals surface area contributed by atoms with Gasteiger partial charge in [0.1, 0.15) is 12.4 Å². The largest absolute Gasteiger partial charge is 0.474 e. The predicted octanol–water partition coefficient (Wildman–Crippen LogP) is 3.11. The van der Waals surface area contributed by atoms with Crippen molar-refractivity contribution in [2.75, 3.05) is 13.1 Å². The summed E-state index contributed by atoms with van der Waals surface area (Å²) in [6, 6.07) is 6.40. The number of hydrogen-bond donors (Lipinski definition) is 0. The number of nitrogens with zero attached hydrogens (tertiary/aromatic N) is 3. The second kappa shape index (κ2) is 7.72. The van der Waals surface area contributed by atoms with Gasteiger partial charge >= 0.3 is 6.18 Å². The minimum atomic E-state index is -4.37. The van der Waals surface area contributed by atoms with Crippen molar-refractivity contribution in [1.29, 1.82) is 0 Å². The molecule has 3 rings (SSSR count). The Kier molecular flexibility index (Phi) is 5.39. The normalized spacial score (nSPS) is 15.7. The maximum Gasteiger partial charge on any atom is 0.416 e. The number of likely N-dealkylation sites (tertiary alicyclic amines) is 1. The van der Waals surface area contributed by atoms with Crippen molar-refractivity contribution in [2.24, 2.45) is 0 Å². The van der Waals surface area contributed by atoms with Crippen LogP contribution in [0.4, 0.5) is 13.2 Å². The van der Waals surface area contributed by atoms with E-state index in [-0.39, 0.29) is 18.4 Å². The van der Waals surface area contributed by atoms with E-state index in [0.717, 1.165) is 12.1 Å². The summed E-state index contributed by atoms with van der Waals surface area (Å²) >= 11 is 0. The van der Waals surface area contributed by atoms with Crippen molar-refractivity contribution >= 4 is 5.91 Å². The lowest BCUT2D eigenvalue weighted by Gasteiger charge is -2.32. The van der Waals surface area contributed by atoms with E-state index >= 15 is 0 Å². The molecule has 2 heterocycles. The Hall–Kier alpha value is -2.64. The van der Waals surface area contributed by atoms with Crippen molar-refractivity contribution in [3.8, 4) is 5.88 Å². The van der Waals surface area contributed by atoms with E-state index in [9.17, 15) is 18.0 Å². The summed E-state index contributed by atoms with van der Waals surface area (Å²) in [6.45, 7) is 1.10. The number of hydrogen-bond acceptors (Lipinski definition) is 4. The zero-order valence-corrected chi connectivity index (χ0v) is 13.9. The van der Waals surface area contributed by atoms with Crippen molar-refractivity contribution in [1.82, 2.24) is 14.9 Å². The topological polar surface area (TPSA) is 55.3 Å². The fourth-order valence-electron chi connectivity index (χ4n) is 2.84. The van der Waals surface area contributed by atoms with Gasteiger partial charge in [-0.3, -0.25) is 4.79 Å². The van der Waals surface area contributed by atoms with Gasteiger partial charge in [-0.05, 0) is 17.7 Å². The zero-order chi connectivity index (χ0) is 18.6. The van der Waals surface area contributed by atoms with Crippen molar-refractivity contribution in [3.05, 3.63) is 54.0 Å². The number of carbonyl (C=O) groups is 1. The summed E-state index contributed by atoms with van der Waals surface area (Å²) in [7, 11) is 0. The van der Waals surface area contributed by atoms with Gasteiger partial charge in [0.05, 0.1) is 12.0 Å². The first-order valence-corrected chi connectivity index (χ1v) is 8.28. The third-order valence-electron chi connectivity index (χ3n) is 4.27. The molecule has 0 saturated carbocycles. The van der Waals surface area contributed by atoms with Gasteiger partial charge in [-0.2, -0.15) is 13.2 Å². The van der Waals surface area contributed by atoms with Crippen molar-refractivity contribution < 1.29 is 22.7 Å². The molecule has 8 heteroatoms. The number of piperidine rings is 1. The molecule has 0 atom stereocenters. The zero-order valence-electron chi connectivity index (χ0n) is 13.9. The lowest BCUT2D eigenvalue weighted by Crippen LogP contribution is -2.42. The quantitative estimate of drug-likeness (QED) is 0.836. The van der Waals surface area contributed by atoms with E-state index in [1.54, 1.807) is 17.2 Å². The molecule has 0 spiro atoms. The van der Waals surface area contributed by atoms with E-state index in [1.165, 1.54) is 18.5 Å². The van der Waals surface area contributed by atoms with Crippen LogP contribution in [0.25, 0.3) is 0 Å². The summed E-state index contributed by atoms with van der Waals surface area (Å²) in [5.74, 6) is 0.416. The molecular weight excluding hydrogens is 347 g/mol. The average molecular weight is 365 g/mol. The second-order valence-electron chi connectivity index (χ2n) is 6.12. The number of benzene rings is 1. The third-order valence-corrected chi connectivity index (χ3v) is 4.27. The third kappa shape index (κ3) is 4.71. The molecule has 0 N–H and O–H groups in total. The van der Waals surface area contributed by atoms with Crippen molar-refractivity contribution in [3.63, 3.8) is 0 Å². The summed E-state index contributed by atoms with van der Waals surface area (Å²) in [4.78, 5) is 21.9. The molecule has 1 saturated heterocycles. The van der Waals surface area contributed by atoms with Crippen molar-refractivity contribution in [2.45, 2.75) is 31.5 Å². The highest BCUT2D eigenvalue weighted by molar-refractivity contribution is 5.78. The maximum absolute atomic E-state index is 12.6. The van der Waals surface area contributed by atoms with Crippen LogP contribution in [0, 0.1) is 0 Å². The first-order valence-electron chi connectivity index (χ1n) is 8.28. The van der Waals surface area contributed by atoms with Crippen LogP contribution in [-0.2, 0) is 17.4 Å². The number of aromatic nitrogens is 2. The lowest BCUT2D eigenvalue weighted by molar-refractivity contribution is -0.137. The number of alkyl halides is 3. The van der Waals surface area contributed by atoms with Crippen LogP contribution in [0.5, 0.6) is 5.88 Å². The van der Waals surface area contributed by atoms with Gasteiger partial charge in [0, 0.05) is 38.2 Å². The fraction of sp³-hybridized carbons (Fsp3) is 0.389. The minimum absolute atomic E-state index is 0.0139. The molecule has 1 fully saturated rings. The highest BCUT2D eigenvalue weighted by Gasteiger charge is 2.30. The molecule has 1 amide bonds. The number of ether oxygens (including phenoxy) is 1. The fourth-order valence-corrected chi connectivity index (χ4v) is 2.84. The highest BCUT2D eigenvalue weighted by atomic mass is 19.4. The standard InChI is InChI=1S/C18H18F3N3O2/c19-18(20,21)14-3-1-13(2-4-14)11-17(25)24-9-6-15(7-10-24)26-16-5-8-22-12-23-16/h1-5,8,12,15H,6-7,9-11H2. The van der Waals surface area contributed by atoms with Crippen LogP contribution in [0.3, 0.4) is 0 Å². The Morgan fingerprint density at radius 2 is 1.85 bits per heavy atom. The Morgan fingerprint density at radius 1 is 1.15 bits per heavy atom. The maximum atomic E-state index is 12.6. The number of carbonyl (C=O) groups excluding carboxylic acids is 1. The van der Waals surface area contributed by atoms with E-state index in [2.05, 4.69) is 9.97 Å². The Balaban J connectivity index is 1.49. The van der Waals surface area contributed by atoms with E-state index in [1.807, 2.05) is 0 Å². The molecule has 0 aliphatic carbocycles. The van der Waals surface area contributed by atoms with E-state index < -0.39 is 11.7 Å². The van der Waals surface area contributed by atoms with Gasteiger partial charge in [0.25, 0.3) is 0 Å². The highest BCUT2D eigenvalue weighted by Crippen LogP contribution is 2.29. The van der Waals surface area contributed by atoms with Gasteiger partial charge in [0.15, 0.2) is 0 Å². The summed E-state index contributed by atoms with van der Waals surface area (Å²) in [5, 5.41) is 0. The molecule has 0 radical (unpaired) electrons. The van der Waals surface area contributed by atoms with Gasteiger partial charge in [-0.25, -0.2) is 9.97 Å². The van der Waals surface area contributed by atoms with Crippen LogP contribution in [-0.4, -0.2) is 40.0 Å². The Bertz CT molecular complexity index is 728. The van der Waals surface area contributed by atoms with Gasteiger partial charge < -0.3 is 9.64 Å². The van der Waals surface area contributed by atoms with E-state index in [0.29, 0.717) is 37.4 Å². The van der Waals surface area contributed by atoms with Crippen LogP contribution in [0.2, 0.25) is 0 Å². The molecule has 1 aliphatic heterocycles. The second-order valence-corrected chi connectivity index (χ2v) is 6.12. The lowest BCUT2D eigenvalue weighted by atomic mass is 10.0. The van der Waals surface area contributed by atoms with Crippen LogP contribution >= 0.6 is 0 Å². The number of halogens is 3. The molecule has 5 nitrogen and oxygen atoms in total. The Labute approximate surface area is 148 Å². The summed E-state index contributed by atoms with van der Waals surface area (Å²) in [6.07, 6.45) is 0.0955. The van der Waals surface area contributed by atoms with Gasteiger partial charge in [0.2, 0.25) is 11.8 Å².